The molecule has 0 fully saturated rings. The van der Waals surface area contributed by atoms with E-state index in [9.17, 15) is 15.2 Å². The van der Waals surface area contributed by atoms with E-state index in [0.717, 1.165) is 5.56 Å². The minimum absolute atomic E-state index is 0.0240. The van der Waals surface area contributed by atoms with Crippen molar-refractivity contribution in [3.05, 3.63) is 95.9 Å². The molecule has 0 aliphatic heterocycles. The quantitative estimate of drug-likeness (QED) is 0.260. The van der Waals surface area contributed by atoms with Gasteiger partial charge in [-0.15, -0.1) is 10.2 Å². The Labute approximate surface area is 224 Å². The van der Waals surface area contributed by atoms with Crippen molar-refractivity contribution in [2.45, 2.75) is 26.2 Å². The molecule has 10 heteroatoms. The molecule has 5 rings (SSSR count). The highest BCUT2D eigenvalue weighted by Crippen LogP contribution is 2.38. The van der Waals surface area contributed by atoms with E-state index in [1.54, 1.807) is 24.3 Å². The number of carbonyl (C=O) groups excluding carboxylic acids is 1. The van der Waals surface area contributed by atoms with Crippen LogP contribution in [0, 0.1) is 11.3 Å². The SMILES string of the molecule is CC(C)(C)c1ccc(NC(=O)c2c(O)c(/N=N/c3c(C#N)cnn3-c3ncccn3)cc3ccccc23)cc1. The first-order chi connectivity index (χ1) is 18.8. The van der Waals surface area contributed by atoms with Gasteiger partial charge in [-0.3, -0.25) is 4.79 Å². The number of anilines is 1. The molecule has 192 valence electrons. The second-order valence-corrected chi connectivity index (χ2v) is 9.78. The molecular formula is C29H24N8O2. The van der Waals surface area contributed by atoms with E-state index >= 15 is 0 Å². The Morgan fingerprint density at radius 3 is 2.44 bits per heavy atom. The molecule has 1 amide bonds. The van der Waals surface area contributed by atoms with Crippen molar-refractivity contribution in [2.75, 3.05) is 5.32 Å². The number of benzene rings is 3. The molecule has 2 aromatic heterocycles. The minimum atomic E-state index is -0.496. The normalized spacial score (nSPS) is 11.5. The molecular weight excluding hydrogens is 492 g/mol. The third-order valence-corrected chi connectivity index (χ3v) is 6.10. The Bertz CT molecular complexity index is 1750. The van der Waals surface area contributed by atoms with Crippen LogP contribution >= 0.6 is 0 Å². The van der Waals surface area contributed by atoms with Crippen LogP contribution in [0.1, 0.15) is 42.3 Å². The Balaban J connectivity index is 1.55. The molecule has 3 aromatic carbocycles. The Kier molecular flexibility index (Phi) is 6.56. The largest absolute Gasteiger partial charge is 0.505 e. The summed E-state index contributed by atoms with van der Waals surface area (Å²) in [6.07, 6.45) is 4.40. The number of rotatable bonds is 5. The molecule has 0 aliphatic carbocycles. The van der Waals surface area contributed by atoms with Gasteiger partial charge in [0.25, 0.3) is 11.9 Å². The van der Waals surface area contributed by atoms with Gasteiger partial charge < -0.3 is 10.4 Å². The topological polar surface area (TPSA) is 141 Å². The van der Waals surface area contributed by atoms with Crippen molar-refractivity contribution in [1.29, 1.82) is 5.26 Å². The minimum Gasteiger partial charge on any atom is -0.505 e. The Morgan fingerprint density at radius 2 is 1.74 bits per heavy atom. The first-order valence-corrected chi connectivity index (χ1v) is 12.1. The van der Waals surface area contributed by atoms with E-state index < -0.39 is 5.91 Å². The van der Waals surface area contributed by atoms with Gasteiger partial charge in [0, 0.05) is 18.1 Å². The first kappa shape index (κ1) is 25.2. The maximum Gasteiger partial charge on any atom is 0.260 e. The summed E-state index contributed by atoms with van der Waals surface area (Å²) in [5, 5.41) is 37.4. The molecule has 5 aromatic rings. The van der Waals surface area contributed by atoms with Crippen LogP contribution in [0.2, 0.25) is 0 Å². The number of hydrogen-bond acceptors (Lipinski definition) is 8. The number of phenols is 1. The monoisotopic (exact) mass is 516 g/mol. The number of azo groups is 1. The average molecular weight is 517 g/mol. The van der Waals surface area contributed by atoms with Crippen molar-refractivity contribution in [3.63, 3.8) is 0 Å². The second kappa shape index (κ2) is 10.1. The van der Waals surface area contributed by atoms with Crippen LogP contribution in [0.5, 0.6) is 5.75 Å². The van der Waals surface area contributed by atoms with E-state index in [-0.39, 0.29) is 39.7 Å². The number of phenolic OH excluding ortho intramolecular Hbond substituents is 1. The predicted molar refractivity (Wildman–Crippen MR) is 147 cm³/mol. The highest BCUT2D eigenvalue weighted by atomic mass is 16.3. The third-order valence-electron chi connectivity index (χ3n) is 6.10. The number of amides is 1. The molecule has 2 heterocycles. The maximum absolute atomic E-state index is 13.4. The van der Waals surface area contributed by atoms with Gasteiger partial charge >= 0.3 is 0 Å². The predicted octanol–water partition coefficient (Wildman–Crippen LogP) is 6.36. The molecule has 39 heavy (non-hydrogen) atoms. The van der Waals surface area contributed by atoms with Gasteiger partial charge in [0.05, 0.1) is 11.8 Å². The molecule has 0 unspecified atom stereocenters. The lowest BCUT2D eigenvalue weighted by atomic mass is 9.87. The van der Waals surface area contributed by atoms with E-state index in [0.29, 0.717) is 16.5 Å². The lowest BCUT2D eigenvalue weighted by Gasteiger charge is -2.19. The highest BCUT2D eigenvalue weighted by molar-refractivity contribution is 6.16. The van der Waals surface area contributed by atoms with Crippen molar-refractivity contribution in [2.24, 2.45) is 10.2 Å². The molecule has 0 spiro atoms. The molecule has 0 radical (unpaired) electrons. The van der Waals surface area contributed by atoms with E-state index in [4.69, 9.17) is 0 Å². The van der Waals surface area contributed by atoms with Crippen molar-refractivity contribution < 1.29 is 9.90 Å². The lowest BCUT2D eigenvalue weighted by Crippen LogP contribution is -2.14. The second-order valence-electron chi connectivity index (χ2n) is 9.78. The maximum atomic E-state index is 13.4. The highest BCUT2D eigenvalue weighted by Gasteiger charge is 2.21. The van der Waals surface area contributed by atoms with Crippen LogP contribution < -0.4 is 5.32 Å². The van der Waals surface area contributed by atoms with Gasteiger partial charge in [-0.25, -0.2) is 9.97 Å². The summed E-state index contributed by atoms with van der Waals surface area (Å²) in [5.41, 5.74) is 1.95. The number of nitrogens with zero attached hydrogens (tertiary/aromatic N) is 7. The zero-order valence-electron chi connectivity index (χ0n) is 21.5. The zero-order valence-corrected chi connectivity index (χ0v) is 21.5. The molecule has 0 aliphatic rings. The van der Waals surface area contributed by atoms with Crippen LogP contribution in [0.4, 0.5) is 17.2 Å². The van der Waals surface area contributed by atoms with E-state index in [2.05, 4.69) is 51.4 Å². The fourth-order valence-corrected chi connectivity index (χ4v) is 4.04. The number of hydrogen-bond donors (Lipinski definition) is 2. The summed E-state index contributed by atoms with van der Waals surface area (Å²) in [6, 6.07) is 20.0. The average Bonchev–Trinajstić information content (AvgIpc) is 3.35. The smallest absolute Gasteiger partial charge is 0.260 e. The zero-order chi connectivity index (χ0) is 27.6. The van der Waals surface area contributed by atoms with Crippen molar-refractivity contribution in [3.8, 4) is 17.8 Å². The molecule has 0 atom stereocenters. The number of aromatic hydroxyl groups is 1. The summed E-state index contributed by atoms with van der Waals surface area (Å²) in [7, 11) is 0. The summed E-state index contributed by atoms with van der Waals surface area (Å²) in [4.78, 5) is 21.7. The van der Waals surface area contributed by atoms with Gasteiger partial charge in [-0.05, 0) is 46.0 Å². The number of nitrogens with one attached hydrogen (secondary N) is 1. The van der Waals surface area contributed by atoms with E-state index in [1.807, 2.05) is 42.5 Å². The van der Waals surface area contributed by atoms with Crippen molar-refractivity contribution >= 4 is 33.9 Å². The van der Waals surface area contributed by atoms with Crippen LogP contribution in [0.15, 0.2) is 89.5 Å². The molecule has 0 bridgehead atoms. The van der Waals surface area contributed by atoms with E-state index in [1.165, 1.54) is 23.3 Å². The van der Waals surface area contributed by atoms with Crippen LogP contribution in [0.25, 0.3) is 16.7 Å². The third kappa shape index (κ3) is 5.06. The number of aromatic nitrogens is 4. The summed E-state index contributed by atoms with van der Waals surface area (Å²) in [5.74, 6) is -0.555. The Morgan fingerprint density at radius 1 is 1.03 bits per heavy atom. The molecule has 0 saturated heterocycles. The van der Waals surface area contributed by atoms with Gasteiger partial charge in [-0.2, -0.15) is 15.0 Å². The van der Waals surface area contributed by atoms with Crippen LogP contribution in [-0.2, 0) is 5.41 Å². The molecule has 10 nitrogen and oxygen atoms in total. The number of nitriles is 1. The summed E-state index contributed by atoms with van der Waals surface area (Å²) < 4.78 is 1.27. The fourth-order valence-electron chi connectivity index (χ4n) is 4.04. The summed E-state index contributed by atoms with van der Waals surface area (Å²) in [6.45, 7) is 6.35. The van der Waals surface area contributed by atoms with Gasteiger partial charge in [-0.1, -0.05) is 57.2 Å². The first-order valence-electron chi connectivity index (χ1n) is 12.1. The van der Waals surface area contributed by atoms with Crippen molar-refractivity contribution in [1.82, 2.24) is 19.7 Å². The van der Waals surface area contributed by atoms with Gasteiger partial charge in [0.2, 0.25) is 0 Å². The standard InChI is InChI=1S/C29H24N8O2/c1-29(2,3)20-9-11-21(12-10-20)34-27(39)24-22-8-5-4-7-18(22)15-23(25(24)38)35-36-26-19(16-30)17-33-37(26)28-31-13-6-14-32-28/h4-15,17,38H,1-3H3,(H,34,39)/b36-35+. The lowest BCUT2D eigenvalue weighted by molar-refractivity contribution is 0.102. The Hall–Kier alpha value is -5.43. The molecule has 2 N–H and O–H groups in total. The number of carbonyl (C=O) groups is 1. The summed E-state index contributed by atoms with van der Waals surface area (Å²) >= 11 is 0. The van der Waals surface area contributed by atoms with Gasteiger partial charge in [0.15, 0.2) is 11.6 Å². The van der Waals surface area contributed by atoms with Gasteiger partial charge in [0.1, 0.15) is 17.3 Å². The molecule has 0 saturated carbocycles. The fraction of sp³-hybridized carbons (Fsp3) is 0.138. The number of fused-ring (bicyclic) bond motifs is 1. The van der Waals surface area contributed by atoms with Crippen LogP contribution in [0.3, 0.4) is 0 Å². The van der Waals surface area contributed by atoms with Crippen LogP contribution in [-0.4, -0.2) is 30.8 Å².